The summed E-state index contributed by atoms with van der Waals surface area (Å²) in [6.45, 7) is 4.63. The molecule has 0 saturated carbocycles. The van der Waals surface area contributed by atoms with E-state index in [0.717, 1.165) is 31.7 Å². The maximum Gasteiger partial charge on any atom is 0.133 e. The van der Waals surface area contributed by atoms with E-state index in [1.54, 1.807) is 0 Å². The highest BCUT2D eigenvalue weighted by Gasteiger charge is 2.18. The zero-order valence-electron chi connectivity index (χ0n) is 12.0. The van der Waals surface area contributed by atoms with Crippen LogP contribution in [0.4, 0.5) is 5.82 Å². The van der Waals surface area contributed by atoms with Crippen LogP contribution in [0.25, 0.3) is 0 Å². The zero-order chi connectivity index (χ0) is 13.9. The Hall–Kier alpha value is -1.87. The van der Waals surface area contributed by atoms with Crippen molar-refractivity contribution in [3.05, 3.63) is 58.8 Å². The smallest absolute Gasteiger partial charge is 0.133 e. The molecule has 0 amide bonds. The van der Waals surface area contributed by atoms with Crippen LogP contribution in [-0.4, -0.2) is 11.5 Å². The summed E-state index contributed by atoms with van der Waals surface area (Å²) in [6.07, 6.45) is 4.20. The van der Waals surface area contributed by atoms with Crippen LogP contribution in [0.15, 0.2) is 36.5 Å². The highest BCUT2D eigenvalue weighted by Crippen LogP contribution is 2.26. The van der Waals surface area contributed by atoms with Crippen molar-refractivity contribution in [1.29, 1.82) is 0 Å². The van der Waals surface area contributed by atoms with Gasteiger partial charge in [-0.15, -0.1) is 0 Å². The Balaban J connectivity index is 1.98. The Morgan fingerprint density at radius 1 is 1.20 bits per heavy atom. The normalized spacial score (nSPS) is 14.8. The minimum absolute atomic E-state index is 0.549. The molecule has 1 aromatic heterocycles. The minimum atomic E-state index is 0.549. The number of fused-ring (bicyclic) bond motifs is 1. The molecule has 3 rings (SSSR count). The summed E-state index contributed by atoms with van der Waals surface area (Å²) < 4.78 is 0. The first-order chi connectivity index (χ1) is 9.79. The van der Waals surface area contributed by atoms with Crippen LogP contribution >= 0.6 is 0 Å². The molecule has 0 aliphatic carbocycles. The van der Waals surface area contributed by atoms with Gasteiger partial charge in [0.15, 0.2) is 0 Å². The molecule has 1 aliphatic heterocycles. The molecule has 20 heavy (non-hydrogen) atoms. The Morgan fingerprint density at radius 2 is 2.00 bits per heavy atom. The lowest BCUT2D eigenvalue weighted by Gasteiger charge is -2.25. The van der Waals surface area contributed by atoms with E-state index in [0.29, 0.717) is 6.54 Å². The molecule has 104 valence electrons. The third-order valence-electron chi connectivity index (χ3n) is 4.12. The second-order valence-electron chi connectivity index (χ2n) is 5.43. The molecule has 0 fully saturated rings. The Morgan fingerprint density at radius 3 is 2.80 bits per heavy atom. The van der Waals surface area contributed by atoms with E-state index >= 15 is 0 Å². The first-order valence-electron chi connectivity index (χ1n) is 7.26. The van der Waals surface area contributed by atoms with E-state index < -0.39 is 0 Å². The van der Waals surface area contributed by atoms with Gasteiger partial charge in [0.1, 0.15) is 5.82 Å². The van der Waals surface area contributed by atoms with E-state index in [1.807, 2.05) is 12.3 Å². The molecular weight excluding hydrogens is 246 g/mol. The number of nitrogens with two attached hydrogens (primary N) is 1. The number of aryl methyl sites for hydroxylation is 2. The maximum absolute atomic E-state index is 5.93. The van der Waals surface area contributed by atoms with Crippen molar-refractivity contribution in [2.45, 2.75) is 32.9 Å². The Kier molecular flexibility index (Phi) is 3.70. The van der Waals surface area contributed by atoms with Crippen LogP contribution in [-0.2, 0) is 19.5 Å². The zero-order valence-corrected chi connectivity index (χ0v) is 12.0. The van der Waals surface area contributed by atoms with Gasteiger partial charge in [-0.3, -0.25) is 0 Å². The van der Waals surface area contributed by atoms with Crippen molar-refractivity contribution in [2.75, 3.05) is 11.4 Å². The summed E-state index contributed by atoms with van der Waals surface area (Å²) in [6, 6.07) is 10.8. The monoisotopic (exact) mass is 267 g/mol. The second kappa shape index (κ2) is 5.63. The quantitative estimate of drug-likeness (QED) is 0.909. The third kappa shape index (κ3) is 2.41. The molecular formula is C17H21N3. The molecule has 0 bridgehead atoms. The van der Waals surface area contributed by atoms with Crippen molar-refractivity contribution in [3.63, 3.8) is 0 Å². The molecule has 2 heterocycles. The van der Waals surface area contributed by atoms with Gasteiger partial charge in [0.2, 0.25) is 0 Å². The van der Waals surface area contributed by atoms with Gasteiger partial charge in [-0.1, -0.05) is 24.3 Å². The average Bonchev–Trinajstić information content (AvgIpc) is 2.69. The number of hydrogen-bond donors (Lipinski definition) is 1. The summed E-state index contributed by atoms with van der Waals surface area (Å²) in [7, 11) is 0. The fourth-order valence-electron chi connectivity index (χ4n) is 2.98. The lowest BCUT2D eigenvalue weighted by atomic mass is 10.0. The van der Waals surface area contributed by atoms with E-state index in [1.165, 1.54) is 22.3 Å². The summed E-state index contributed by atoms with van der Waals surface area (Å²) in [5, 5.41) is 0. The van der Waals surface area contributed by atoms with Gasteiger partial charge in [0.05, 0.1) is 0 Å². The standard InChI is InChI=1S/C17H21N3/c1-13-8-9-19-17(16(13)11-18)20-10-4-7-14-5-2-3-6-15(14)12-20/h2-3,5-6,8-9H,4,7,10-12,18H2,1H3. The molecule has 0 radical (unpaired) electrons. The molecule has 1 aliphatic rings. The predicted molar refractivity (Wildman–Crippen MR) is 82.7 cm³/mol. The summed E-state index contributed by atoms with van der Waals surface area (Å²) in [5.74, 6) is 1.06. The van der Waals surface area contributed by atoms with E-state index in [9.17, 15) is 0 Å². The van der Waals surface area contributed by atoms with E-state index in [-0.39, 0.29) is 0 Å². The van der Waals surface area contributed by atoms with Gasteiger partial charge in [-0.05, 0) is 42.5 Å². The topological polar surface area (TPSA) is 42.2 Å². The molecule has 0 spiro atoms. The molecule has 2 aromatic rings. The molecule has 2 N–H and O–H groups in total. The lowest BCUT2D eigenvalue weighted by molar-refractivity contribution is 0.747. The molecule has 3 nitrogen and oxygen atoms in total. The third-order valence-corrected chi connectivity index (χ3v) is 4.12. The number of hydrogen-bond acceptors (Lipinski definition) is 3. The fourth-order valence-corrected chi connectivity index (χ4v) is 2.98. The van der Waals surface area contributed by atoms with Crippen molar-refractivity contribution < 1.29 is 0 Å². The fraction of sp³-hybridized carbons (Fsp3) is 0.353. The van der Waals surface area contributed by atoms with Gasteiger partial charge in [0, 0.05) is 31.4 Å². The van der Waals surface area contributed by atoms with Crippen LogP contribution in [0.3, 0.4) is 0 Å². The minimum Gasteiger partial charge on any atom is -0.352 e. The molecule has 0 saturated heterocycles. The van der Waals surface area contributed by atoms with Crippen molar-refractivity contribution in [1.82, 2.24) is 4.98 Å². The SMILES string of the molecule is Cc1ccnc(N2CCCc3ccccc3C2)c1CN. The van der Waals surface area contributed by atoms with Gasteiger partial charge >= 0.3 is 0 Å². The van der Waals surface area contributed by atoms with Gasteiger partial charge in [0.25, 0.3) is 0 Å². The number of rotatable bonds is 2. The van der Waals surface area contributed by atoms with Crippen molar-refractivity contribution in [3.8, 4) is 0 Å². The molecule has 0 unspecified atom stereocenters. The first kappa shape index (κ1) is 13.1. The van der Waals surface area contributed by atoms with Crippen molar-refractivity contribution >= 4 is 5.82 Å². The number of benzene rings is 1. The van der Waals surface area contributed by atoms with Gasteiger partial charge in [-0.2, -0.15) is 0 Å². The van der Waals surface area contributed by atoms with Crippen LogP contribution in [0.5, 0.6) is 0 Å². The van der Waals surface area contributed by atoms with Gasteiger partial charge in [-0.25, -0.2) is 4.98 Å². The van der Waals surface area contributed by atoms with Crippen LogP contribution < -0.4 is 10.6 Å². The Labute approximate surface area is 120 Å². The second-order valence-corrected chi connectivity index (χ2v) is 5.43. The Bertz CT molecular complexity index is 607. The van der Waals surface area contributed by atoms with Crippen molar-refractivity contribution in [2.24, 2.45) is 5.73 Å². The molecule has 0 atom stereocenters. The lowest BCUT2D eigenvalue weighted by Crippen LogP contribution is -2.25. The van der Waals surface area contributed by atoms with E-state index in [2.05, 4.69) is 41.1 Å². The molecule has 1 aromatic carbocycles. The summed E-state index contributed by atoms with van der Waals surface area (Å²) in [5.41, 5.74) is 11.2. The highest BCUT2D eigenvalue weighted by molar-refractivity contribution is 5.51. The first-order valence-corrected chi connectivity index (χ1v) is 7.26. The van der Waals surface area contributed by atoms with Crippen LogP contribution in [0.1, 0.15) is 28.7 Å². The largest absolute Gasteiger partial charge is 0.352 e. The van der Waals surface area contributed by atoms with Crippen LogP contribution in [0.2, 0.25) is 0 Å². The average molecular weight is 267 g/mol. The van der Waals surface area contributed by atoms with E-state index in [4.69, 9.17) is 5.73 Å². The summed E-state index contributed by atoms with van der Waals surface area (Å²) in [4.78, 5) is 6.97. The van der Waals surface area contributed by atoms with Gasteiger partial charge < -0.3 is 10.6 Å². The number of nitrogens with zero attached hydrogens (tertiary/aromatic N) is 2. The maximum atomic E-state index is 5.93. The van der Waals surface area contributed by atoms with Crippen LogP contribution in [0, 0.1) is 6.92 Å². The number of aromatic nitrogens is 1. The number of pyridine rings is 1. The predicted octanol–water partition coefficient (Wildman–Crippen LogP) is 2.80. The highest BCUT2D eigenvalue weighted by atomic mass is 15.2. The summed E-state index contributed by atoms with van der Waals surface area (Å²) >= 11 is 0. The number of anilines is 1. The molecule has 3 heteroatoms.